The van der Waals surface area contributed by atoms with E-state index in [1.54, 1.807) is 30.2 Å². The number of carbonyl (C=O) groups excluding carboxylic acids is 1. The van der Waals surface area contributed by atoms with Crippen molar-refractivity contribution in [2.75, 3.05) is 7.05 Å². The molecular formula is C10H14N2OS2. The molecular weight excluding hydrogens is 228 g/mol. The van der Waals surface area contributed by atoms with Gasteiger partial charge in [0, 0.05) is 13.6 Å². The first-order valence-electron chi connectivity index (χ1n) is 4.57. The summed E-state index contributed by atoms with van der Waals surface area (Å²) in [5.41, 5.74) is 6.56. The second-order valence-electron chi connectivity index (χ2n) is 3.45. The van der Waals surface area contributed by atoms with Crippen molar-refractivity contribution in [2.24, 2.45) is 11.7 Å². The normalized spacial score (nSPS) is 12.1. The molecule has 1 heterocycles. The van der Waals surface area contributed by atoms with Crippen molar-refractivity contribution in [3.05, 3.63) is 22.4 Å². The number of nitrogens with two attached hydrogens (primary N) is 1. The lowest BCUT2D eigenvalue weighted by atomic mass is 10.1. The van der Waals surface area contributed by atoms with Gasteiger partial charge in [0.1, 0.15) is 0 Å². The summed E-state index contributed by atoms with van der Waals surface area (Å²) >= 11 is 6.41. The van der Waals surface area contributed by atoms with E-state index < -0.39 is 0 Å². The summed E-state index contributed by atoms with van der Waals surface area (Å²) in [5, 5.41) is 4.01. The maximum Gasteiger partial charge on any atom is 0.232 e. The molecule has 15 heavy (non-hydrogen) atoms. The SMILES string of the molecule is CC(C(=O)N(C)Cc1ccsc1)C(N)=S. The van der Waals surface area contributed by atoms with E-state index in [4.69, 9.17) is 18.0 Å². The quantitative estimate of drug-likeness (QED) is 0.816. The summed E-state index contributed by atoms with van der Waals surface area (Å²) in [5.74, 6) is -0.419. The van der Waals surface area contributed by atoms with Gasteiger partial charge in [-0.25, -0.2) is 0 Å². The number of rotatable bonds is 4. The molecule has 1 aromatic rings. The summed E-state index contributed by atoms with van der Waals surface area (Å²) in [6.45, 7) is 2.34. The molecule has 82 valence electrons. The first-order valence-corrected chi connectivity index (χ1v) is 5.93. The minimum atomic E-state index is -0.386. The summed E-state index contributed by atoms with van der Waals surface area (Å²) < 4.78 is 0. The minimum absolute atomic E-state index is 0.0336. The average Bonchev–Trinajstić information content (AvgIpc) is 2.67. The largest absolute Gasteiger partial charge is 0.393 e. The fourth-order valence-corrected chi connectivity index (χ4v) is 1.95. The van der Waals surface area contributed by atoms with Gasteiger partial charge >= 0.3 is 0 Å². The second-order valence-corrected chi connectivity index (χ2v) is 4.70. The van der Waals surface area contributed by atoms with E-state index in [-0.39, 0.29) is 16.8 Å². The molecule has 0 radical (unpaired) electrons. The van der Waals surface area contributed by atoms with Crippen LogP contribution in [0, 0.1) is 5.92 Å². The fraction of sp³-hybridized carbons (Fsp3) is 0.400. The van der Waals surface area contributed by atoms with Crippen LogP contribution in [-0.4, -0.2) is 22.8 Å². The van der Waals surface area contributed by atoms with Crippen LogP contribution in [0.1, 0.15) is 12.5 Å². The highest BCUT2D eigenvalue weighted by Crippen LogP contribution is 2.10. The van der Waals surface area contributed by atoms with Gasteiger partial charge in [-0.3, -0.25) is 4.79 Å². The third-order valence-electron chi connectivity index (χ3n) is 2.17. The van der Waals surface area contributed by atoms with Crippen LogP contribution < -0.4 is 5.73 Å². The number of amides is 1. The molecule has 1 unspecified atom stereocenters. The molecule has 1 rings (SSSR count). The van der Waals surface area contributed by atoms with Gasteiger partial charge in [0.05, 0.1) is 10.9 Å². The molecule has 3 nitrogen and oxygen atoms in total. The van der Waals surface area contributed by atoms with Gasteiger partial charge in [-0.05, 0) is 29.3 Å². The maximum absolute atomic E-state index is 11.8. The van der Waals surface area contributed by atoms with Crippen molar-refractivity contribution in [1.82, 2.24) is 4.90 Å². The van der Waals surface area contributed by atoms with Crippen LogP contribution in [0.5, 0.6) is 0 Å². The Morgan fingerprint density at radius 1 is 1.73 bits per heavy atom. The highest BCUT2D eigenvalue weighted by atomic mass is 32.1. The molecule has 0 spiro atoms. The predicted octanol–water partition coefficient (Wildman–Crippen LogP) is 1.63. The Bertz CT molecular complexity index is 348. The van der Waals surface area contributed by atoms with E-state index in [1.807, 2.05) is 16.8 Å². The average molecular weight is 242 g/mol. The van der Waals surface area contributed by atoms with E-state index in [9.17, 15) is 4.79 Å². The molecule has 0 fully saturated rings. The van der Waals surface area contributed by atoms with Crippen LogP contribution in [0.25, 0.3) is 0 Å². The summed E-state index contributed by atoms with van der Waals surface area (Å²) in [7, 11) is 1.76. The number of nitrogens with zero attached hydrogens (tertiary/aromatic N) is 1. The molecule has 5 heteroatoms. The lowest BCUT2D eigenvalue weighted by molar-refractivity contribution is -0.132. The molecule has 1 aromatic heterocycles. The molecule has 1 atom stereocenters. The van der Waals surface area contributed by atoms with Crippen molar-refractivity contribution in [2.45, 2.75) is 13.5 Å². The van der Waals surface area contributed by atoms with Gasteiger partial charge in [0.2, 0.25) is 5.91 Å². The van der Waals surface area contributed by atoms with Gasteiger partial charge in [0.25, 0.3) is 0 Å². The molecule has 0 aromatic carbocycles. The van der Waals surface area contributed by atoms with Gasteiger partial charge in [-0.1, -0.05) is 12.2 Å². The Morgan fingerprint density at radius 2 is 2.40 bits per heavy atom. The number of thiocarbonyl (C=S) groups is 1. The van der Waals surface area contributed by atoms with E-state index >= 15 is 0 Å². The van der Waals surface area contributed by atoms with Gasteiger partial charge in [-0.15, -0.1) is 0 Å². The highest BCUT2D eigenvalue weighted by Gasteiger charge is 2.19. The predicted molar refractivity (Wildman–Crippen MR) is 66.7 cm³/mol. The van der Waals surface area contributed by atoms with Crippen LogP contribution in [0.3, 0.4) is 0 Å². The summed E-state index contributed by atoms with van der Waals surface area (Å²) in [4.78, 5) is 13.7. The number of hydrogen-bond donors (Lipinski definition) is 1. The molecule has 0 saturated heterocycles. The van der Waals surface area contributed by atoms with Crippen LogP contribution >= 0.6 is 23.6 Å². The molecule has 0 bridgehead atoms. The zero-order chi connectivity index (χ0) is 11.4. The molecule has 2 N–H and O–H groups in total. The maximum atomic E-state index is 11.8. The van der Waals surface area contributed by atoms with Crippen molar-refractivity contribution in [1.29, 1.82) is 0 Å². The van der Waals surface area contributed by atoms with E-state index in [0.29, 0.717) is 6.54 Å². The zero-order valence-corrected chi connectivity index (χ0v) is 10.4. The minimum Gasteiger partial charge on any atom is -0.393 e. The van der Waals surface area contributed by atoms with Crippen molar-refractivity contribution in [3.8, 4) is 0 Å². The first kappa shape index (κ1) is 12.1. The Labute approximate surface area is 98.9 Å². The van der Waals surface area contributed by atoms with E-state index in [0.717, 1.165) is 5.56 Å². The van der Waals surface area contributed by atoms with Crippen molar-refractivity contribution < 1.29 is 4.79 Å². The highest BCUT2D eigenvalue weighted by molar-refractivity contribution is 7.80. The van der Waals surface area contributed by atoms with Crippen LogP contribution in [0.2, 0.25) is 0 Å². The molecule has 0 saturated carbocycles. The van der Waals surface area contributed by atoms with Crippen molar-refractivity contribution >= 4 is 34.5 Å². The van der Waals surface area contributed by atoms with Gasteiger partial charge < -0.3 is 10.6 Å². The number of thiophene rings is 1. The first-order chi connectivity index (χ1) is 7.02. The fourth-order valence-electron chi connectivity index (χ4n) is 1.19. The standard InChI is InChI=1S/C10H14N2OS2/c1-7(9(11)14)10(13)12(2)5-8-3-4-15-6-8/h3-4,6-7H,5H2,1-2H3,(H2,11,14). The van der Waals surface area contributed by atoms with Gasteiger partial charge in [-0.2, -0.15) is 11.3 Å². The molecule has 1 amide bonds. The Hall–Kier alpha value is -0.940. The zero-order valence-electron chi connectivity index (χ0n) is 8.77. The van der Waals surface area contributed by atoms with Crippen LogP contribution in [0.15, 0.2) is 16.8 Å². The lowest BCUT2D eigenvalue weighted by Gasteiger charge is -2.20. The van der Waals surface area contributed by atoms with Crippen LogP contribution in [0.4, 0.5) is 0 Å². The summed E-state index contributed by atoms with van der Waals surface area (Å²) in [6.07, 6.45) is 0. The van der Waals surface area contributed by atoms with Gasteiger partial charge in [0.15, 0.2) is 0 Å². The summed E-state index contributed by atoms with van der Waals surface area (Å²) in [6, 6.07) is 2.00. The van der Waals surface area contributed by atoms with Crippen molar-refractivity contribution in [3.63, 3.8) is 0 Å². The second kappa shape index (κ2) is 5.23. The smallest absolute Gasteiger partial charge is 0.232 e. The monoisotopic (exact) mass is 242 g/mol. The third-order valence-corrected chi connectivity index (χ3v) is 3.26. The third kappa shape index (κ3) is 3.28. The van der Waals surface area contributed by atoms with E-state index in [1.165, 1.54) is 0 Å². The molecule has 0 aliphatic heterocycles. The number of carbonyl (C=O) groups is 1. The molecule has 0 aliphatic carbocycles. The Kier molecular flexibility index (Phi) is 4.23. The van der Waals surface area contributed by atoms with E-state index in [2.05, 4.69) is 0 Å². The Morgan fingerprint density at radius 3 is 2.87 bits per heavy atom. The topological polar surface area (TPSA) is 46.3 Å². The Balaban J connectivity index is 2.57. The molecule has 0 aliphatic rings. The lowest BCUT2D eigenvalue weighted by Crippen LogP contribution is -2.37. The van der Waals surface area contributed by atoms with Crippen LogP contribution in [-0.2, 0) is 11.3 Å². The number of hydrogen-bond acceptors (Lipinski definition) is 3.